The van der Waals surface area contributed by atoms with Gasteiger partial charge in [0.1, 0.15) is 5.69 Å². The van der Waals surface area contributed by atoms with E-state index in [1.54, 1.807) is 0 Å². The van der Waals surface area contributed by atoms with Crippen molar-refractivity contribution in [2.45, 2.75) is 6.36 Å². The van der Waals surface area contributed by atoms with Crippen LogP contribution < -0.4 is 10.5 Å². The summed E-state index contributed by atoms with van der Waals surface area (Å²) in [6.45, 7) is 0. The average Bonchev–Trinajstić information content (AvgIpc) is 2.04. The van der Waals surface area contributed by atoms with E-state index in [0.29, 0.717) is 4.47 Å². The van der Waals surface area contributed by atoms with Crippen molar-refractivity contribution >= 4 is 37.5 Å². The summed E-state index contributed by atoms with van der Waals surface area (Å²) in [7, 11) is 0. The van der Waals surface area contributed by atoms with Crippen molar-refractivity contribution < 1.29 is 17.9 Å². The van der Waals surface area contributed by atoms with Gasteiger partial charge in [0.15, 0.2) is 0 Å². The third-order valence-corrected chi connectivity index (χ3v) is 3.17. The Labute approximate surface area is 93.7 Å². The summed E-state index contributed by atoms with van der Waals surface area (Å²) in [4.78, 5) is 3.38. The number of hydrogen-bond donors (Lipinski definition) is 1. The predicted molar refractivity (Wildman–Crippen MR) is 50.7 cm³/mol. The molecule has 1 aromatic heterocycles. The Morgan fingerprint density at radius 1 is 1.36 bits per heavy atom. The summed E-state index contributed by atoms with van der Waals surface area (Å²) in [5.74, 6) is -0.674. The molecular formula is C6H3Br2F3N2O. The Bertz CT molecular complexity index is 356. The second-order valence-electron chi connectivity index (χ2n) is 2.19. The van der Waals surface area contributed by atoms with Crippen LogP contribution in [-0.2, 0) is 0 Å². The molecule has 8 heteroatoms. The van der Waals surface area contributed by atoms with Gasteiger partial charge in [0, 0.05) is 6.20 Å². The summed E-state index contributed by atoms with van der Waals surface area (Å²) < 4.78 is 39.7. The quantitative estimate of drug-likeness (QED) is 0.858. The molecular weight excluding hydrogens is 333 g/mol. The minimum atomic E-state index is -4.80. The lowest BCUT2D eigenvalue weighted by molar-refractivity contribution is -0.275. The van der Waals surface area contributed by atoms with Gasteiger partial charge < -0.3 is 10.5 Å². The van der Waals surface area contributed by atoms with Crippen LogP contribution in [0.1, 0.15) is 0 Å². The zero-order chi connectivity index (χ0) is 10.9. The number of nitrogens with two attached hydrogens (primary N) is 1. The Hall–Kier alpha value is -0.500. The van der Waals surface area contributed by atoms with E-state index in [1.165, 1.54) is 0 Å². The average molecular weight is 336 g/mol. The number of nitrogen functional groups attached to an aromatic ring is 1. The maximum Gasteiger partial charge on any atom is 0.574 e. The van der Waals surface area contributed by atoms with Crippen LogP contribution in [0.3, 0.4) is 0 Å². The number of anilines is 1. The first-order chi connectivity index (χ1) is 6.31. The summed E-state index contributed by atoms with van der Waals surface area (Å²) in [6, 6.07) is 0. The SMILES string of the molecule is Nc1c(OC(F)(F)F)ncc(Br)c1Br. The highest BCUT2D eigenvalue weighted by Crippen LogP contribution is 2.35. The monoisotopic (exact) mass is 334 g/mol. The summed E-state index contributed by atoms with van der Waals surface area (Å²) in [5, 5.41) is 0. The number of aromatic nitrogens is 1. The van der Waals surface area contributed by atoms with Crippen molar-refractivity contribution in [1.29, 1.82) is 0 Å². The fourth-order valence-electron chi connectivity index (χ4n) is 0.655. The maximum absolute atomic E-state index is 11.8. The van der Waals surface area contributed by atoms with E-state index in [2.05, 4.69) is 41.6 Å². The Kier molecular flexibility index (Phi) is 3.25. The lowest BCUT2D eigenvalue weighted by atomic mass is 10.4. The van der Waals surface area contributed by atoms with Gasteiger partial charge in [-0.1, -0.05) is 0 Å². The number of ether oxygens (including phenoxy) is 1. The second kappa shape index (κ2) is 3.93. The molecule has 0 unspecified atom stereocenters. The normalized spacial score (nSPS) is 11.5. The van der Waals surface area contributed by atoms with Gasteiger partial charge in [0.05, 0.1) is 8.95 Å². The highest BCUT2D eigenvalue weighted by atomic mass is 79.9. The zero-order valence-electron chi connectivity index (χ0n) is 6.40. The van der Waals surface area contributed by atoms with E-state index in [9.17, 15) is 13.2 Å². The van der Waals surface area contributed by atoms with Crippen molar-refractivity contribution in [3.63, 3.8) is 0 Å². The third-order valence-electron chi connectivity index (χ3n) is 1.18. The van der Waals surface area contributed by atoms with Gasteiger partial charge in [-0.25, -0.2) is 4.98 Å². The molecule has 14 heavy (non-hydrogen) atoms. The van der Waals surface area contributed by atoms with E-state index in [1.807, 2.05) is 0 Å². The van der Waals surface area contributed by atoms with Crippen molar-refractivity contribution in [3.8, 4) is 5.88 Å². The Morgan fingerprint density at radius 3 is 2.43 bits per heavy atom. The minimum Gasteiger partial charge on any atom is -0.393 e. The van der Waals surface area contributed by atoms with E-state index >= 15 is 0 Å². The van der Waals surface area contributed by atoms with E-state index < -0.39 is 12.2 Å². The number of nitrogens with zero attached hydrogens (tertiary/aromatic N) is 1. The summed E-state index contributed by atoms with van der Waals surface area (Å²) >= 11 is 6.01. The molecule has 0 aliphatic rings. The second-order valence-corrected chi connectivity index (χ2v) is 3.83. The summed E-state index contributed by atoms with van der Waals surface area (Å²) in [6.07, 6.45) is -3.64. The van der Waals surface area contributed by atoms with Crippen LogP contribution in [0.25, 0.3) is 0 Å². The highest BCUT2D eigenvalue weighted by Gasteiger charge is 2.33. The number of pyridine rings is 1. The smallest absolute Gasteiger partial charge is 0.393 e. The van der Waals surface area contributed by atoms with Crippen LogP contribution in [0.15, 0.2) is 15.1 Å². The lowest BCUT2D eigenvalue weighted by Crippen LogP contribution is -2.19. The lowest BCUT2D eigenvalue weighted by Gasteiger charge is -2.11. The third kappa shape index (κ3) is 2.74. The van der Waals surface area contributed by atoms with Crippen molar-refractivity contribution in [1.82, 2.24) is 4.98 Å². The van der Waals surface area contributed by atoms with Gasteiger partial charge in [0.25, 0.3) is 0 Å². The molecule has 1 heterocycles. The first-order valence-corrected chi connectivity index (χ1v) is 4.75. The van der Waals surface area contributed by atoms with Gasteiger partial charge in [-0.05, 0) is 31.9 Å². The molecule has 78 valence electrons. The van der Waals surface area contributed by atoms with Crippen LogP contribution >= 0.6 is 31.9 Å². The fraction of sp³-hybridized carbons (Fsp3) is 0.167. The number of hydrogen-bond acceptors (Lipinski definition) is 3. The fourth-order valence-corrected chi connectivity index (χ4v) is 1.24. The van der Waals surface area contributed by atoms with E-state index in [0.717, 1.165) is 6.20 Å². The van der Waals surface area contributed by atoms with Crippen LogP contribution in [0.2, 0.25) is 0 Å². The van der Waals surface area contributed by atoms with Crippen molar-refractivity contribution in [3.05, 3.63) is 15.1 Å². The van der Waals surface area contributed by atoms with Gasteiger partial charge >= 0.3 is 6.36 Å². The highest BCUT2D eigenvalue weighted by molar-refractivity contribution is 9.13. The van der Waals surface area contributed by atoms with Crippen LogP contribution in [0.4, 0.5) is 18.9 Å². The number of halogens is 5. The predicted octanol–water partition coefficient (Wildman–Crippen LogP) is 3.09. The standard InChI is InChI=1S/C6H3Br2F3N2O/c7-2-1-13-5(4(12)3(2)8)14-6(9,10)11/h1H,12H2. The van der Waals surface area contributed by atoms with Crippen LogP contribution in [0, 0.1) is 0 Å². The summed E-state index contributed by atoms with van der Waals surface area (Å²) in [5.41, 5.74) is 5.11. The molecule has 0 bridgehead atoms. The first-order valence-electron chi connectivity index (χ1n) is 3.16. The Morgan fingerprint density at radius 2 is 1.93 bits per heavy atom. The van der Waals surface area contributed by atoms with Crippen LogP contribution in [-0.4, -0.2) is 11.3 Å². The number of alkyl halides is 3. The first kappa shape index (κ1) is 11.6. The van der Waals surface area contributed by atoms with Crippen LogP contribution in [0.5, 0.6) is 5.88 Å². The topological polar surface area (TPSA) is 48.1 Å². The van der Waals surface area contributed by atoms with Crippen molar-refractivity contribution in [2.24, 2.45) is 0 Å². The van der Waals surface area contributed by atoms with E-state index in [-0.39, 0.29) is 10.2 Å². The molecule has 0 aliphatic carbocycles. The molecule has 2 N–H and O–H groups in total. The number of rotatable bonds is 1. The molecule has 3 nitrogen and oxygen atoms in total. The van der Waals surface area contributed by atoms with E-state index in [4.69, 9.17) is 5.73 Å². The molecule has 0 spiro atoms. The molecule has 0 aliphatic heterocycles. The zero-order valence-corrected chi connectivity index (χ0v) is 9.57. The largest absolute Gasteiger partial charge is 0.574 e. The molecule has 0 atom stereocenters. The minimum absolute atomic E-state index is 0.211. The molecule has 0 amide bonds. The maximum atomic E-state index is 11.8. The molecule has 0 radical (unpaired) electrons. The van der Waals surface area contributed by atoms with Crippen molar-refractivity contribution in [2.75, 3.05) is 5.73 Å². The Balaban J connectivity index is 3.06. The molecule has 0 saturated carbocycles. The van der Waals surface area contributed by atoms with Gasteiger partial charge in [0.2, 0.25) is 5.88 Å². The molecule has 0 aromatic carbocycles. The van der Waals surface area contributed by atoms with Gasteiger partial charge in [-0.3, -0.25) is 0 Å². The molecule has 0 saturated heterocycles. The molecule has 1 rings (SSSR count). The molecule has 0 fully saturated rings. The molecule has 1 aromatic rings. The van der Waals surface area contributed by atoms with Gasteiger partial charge in [-0.15, -0.1) is 13.2 Å². The van der Waals surface area contributed by atoms with Gasteiger partial charge in [-0.2, -0.15) is 0 Å².